The van der Waals surface area contributed by atoms with E-state index in [1.807, 2.05) is 0 Å². The van der Waals surface area contributed by atoms with Gasteiger partial charge in [0.1, 0.15) is 0 Å². The van der Waals surface area contributed by atoms with Gasteiger partial charge in [0.25, 0.3) is 0 Å². The molecule has 1 heteroatoms. The highest BCUT2D eigenvalue weighted by Gasteiger charge is 2.20. The number of hydrogen-bond donors (Lipinski definition) is 0. The lowest BCUT2D eigenvalue weighted by Gasteiger charge is -2.28. The Labute approximate surface area is 312 Å². The van der Waals surface area contributed by atoms with Crippen LogP contribution in [0.15, 0.2) is 218 Å². The number of fused-ring (bicyclic) bond motifs is 1. The molecule has 1 atom stereocenters. The number of nitrogens with zero attached hydrogens (tertiary/aromatic N) is 1. The van der Waals surface area contributed by atoms with Crippen molar-refractivity contribution in [3.05, 3.63) is 230 Å². The molecule has 1 aliphatic carbocycles. The van der Waals surface area contributed by atoms with Crippen molar-refractivity contribution < 1.29 is 0 Å². The third-order valence-corrected chi connectivity index (χ3v) is 10.4. The molecule has 0 N–H and O–H groups in total. The fourth-order valence-corrected chi connectivity index (χ4v) is 7.72. The van der Waals surface area contributed by atoms with Crippen LogP contribution in [0, 0.1) is 0 Å². The minimum Gasteiger partial charge on any atom is -0.310 e. The van der Waals surface area contributed by atoms with Crippen LogP contribution in [0.1, 0.15) is 23.5 Å². The van der Waals surface area contributed by atoms with E-state index < -0.39 is 0 Å². The van der Waals surface area contributed by atoms with Gasteiger partial charge in [-0.2, -0.15) is 0 Å². The molecule has 1 nitrogen and oxygen atoms in total. The van der Waals surface area contributed by atoms with E-state index in [9.17, 15) is 0 Å². The minimum atomic E-state index is 0.330. The molecule has 1 unspecified atom stereocenters. The number of benzene rings is 8. The summed E-state index contributed by atoms with van der Waals surface area (Å²) < 4.78 is 0. The summed E-state index contributed by atoms with van der Waals surface area (Å²) in [6, 6.07) is 72.2. The summed E-state index contributed by atoms with van der Waals surface area (Å²) in [6.45, 7) is 0. The highest BCUT2D eigenvalue weighted by Crippen LogP contribution is 2.42. The third-order valence-electron chi connectivity index (χ3n) is 10.4. The fourth-order valence-electron chi connectivity index (χ4n) is 7.72. The predicted octanol–water partition coefficient (Wildman–Crippen LogP) is 14.4. The van der Waals surface area contributed by atoms with Crippen molar-refractivity contribution in [1.82, 2.24) is 0 Å². The van der Waals surface area contributed by atoms with Crippen LogP contribution in [0.25, 0.3) is 49.7 Å². The van der Waals surface area contributed by atoms with Gasteiger partial charge in [-0.1, -0.05) is 182 Å². The van der Waals surface area contributed by atoms with E-state index in [4.69, 9.17) is 0 Å². The van der Waals surface area contributed by atoms with Gasteiger partial charge in [0.2, 0.25) is 0 Å². The number of anilines is 3. The van der Waals surface area contributed by atoms with E-state index in [0.29, 0.717) is 5.92 Å². The van der Waals surface area contributed by atoms with Gasteiger partial charge in [-0.15, -0.1) is 0 Å². The standard InChI is InChI=1S/C52H39N/c1-4-13-38(14-5-1)40-27-31-46(32-28-40)53(47-33-29-41(30-34-47)39-15-6-2-7-16-39)48-35-36-51(42-17-8-3-9-18-42)52(37-48)45-25-23-44(24-26-45)50-22-12-20-43-19-10-11-21-49(43)50/h1-23,25-37,44H,24H2. The maximum Gasteiger partial charge on any atom is 0.0468 e. The van der Waals surface area contributed by atoms with Crippen LogP contribution < -0.4 is 4.90 Å². The van der Waals surface area contributed by atoms with E-state index in [1.165, 1.54) is 60.9 Å². The fraction of sp³-hybridized carbons (Fsp3) is 0.0385. The zero-order valence-electron chi connectivity index (χ0n) is 29.5. The van der Waals surface area contributed by atoms with Gasteiger partial charge in [0, 0.05) is 23.0 Å². The van der Waals surface area contributed by atoms with Gasteiger partial charge in [-0.05, 0) is 104 Å². The Morgan fingerprint density at radius 1 is 0.396 bits per heavy atom. The van der Waals surface area contributed by atoms with Crippen LogP contribution in [0.2, 0.25) is 0 Å². The topological polar surface area (TPSA) is 3.24 Å². The molecular weight excluding hydrogens is 639 g/mol. The normalized spacial score (nSPS) is 13.8. The van der Waals surface area contributed by atoms with Crippen molar-refractivity contribution >= 4 is 33.4 Å². The Hall–Kier alpha value is -6.70. The van der Waals surface area contributed by atoms with Crippen LogP contribution in [0.3, 0.4) is 0 Å². The summed E-state index contributed by atoms with van der Waals surface area (Å²) in [5, 5.41) is 2.63. The monoisotopic (exact) mass is 677 g/mol. The van der Waals surface area contributed by atoms with E-state index in [2.05, 4.69) is 223 Å². The van der Waals surface area contributed by atoms with Gasteiger partial charge < -0.3 is 4.90 Å². The van der Waals surface area contributed by atoms with Crippen LogP contribution in [0.4, 0.5) is 17.1 Å². The molecule has 1 aliphatic rings. The molecule has 252 valence electrons. The molecule has 0 amide bonds. The van der Waals surface area contributed by atoms with Crippen LogP contribution in [-0.4, -0.2) is 0 Å². The van der Waals surface area contributed by atoms with Gasteiger partial charge in [0.05, 0.1) is 0 Å². The highest BCUT2D eigenvalue weighted by molar-refractivity contribution is 5.91. The molecule has 0 bridgehead atoms. The molecule has 0 radical (unpaired) electrons. The number of allylic oxidation sites excluding steroid dienone is 4. The SMILES string of the molecule is C1=CC(c2cccc3ccccc23)CC=C1c1cc(N(c2ccc(-c3ccccc3)cc2)c2ccc(-c3ccccc3)cc2)ccc1-c1ccccc1. The maximum atomic E-state index is 2.44. The van der Waals surface area contributed by atoms with Gasteiger partial charge in [-0.25, -0.2) is 0 Å². The first kappa shape index (κ1) is 32.2. The molecule has 0 heterocycles. The van der Waals surface area contributed by atoms with Gasteiger partial charge in [0.15, 0.2) is 0 Å². The second-order valence-corrected chi connectivity index (χ2v) is 13.7. The molecule has 0 saturated carbocycles. The molecular formula is C52H39N. The average molecular weight is 678 g/mol. The smallest absolute Gasteiger partial charge is 0.0468 e. The molecule has 0 aromatic heterocycles. The lowest BCUT2D eigenvalue weighted by atomic mass is 9.84. The Balaban J connectivity index is 1.14. The van der Waals surface area contributed by atoms with Crippen molar-refractivity contribution in [2.45, 2.75) is 12.3 Å². The van der Waals surface area contributed by atoms with E-state index in [-0.39, 0.29) is 0 Å². The molecule has 9 rings (SSSR count). The average Bonchev–Trinajstić information content (AvgIpc) is 3.25. The van der Waals surface area contributed by atoms with E-state index in [1.54, 1.807) is 0 Å². The Kier molecular flexibility index (Phi) is 8.82. The van der Waals surface area contributed by atoms with Gasteiger partial charge in [-0.3, -0.25) is 0 Å². The second-order valence-electron chi connectivity index (χ2n) is 13.7. The van der Waals surface area contributed by atoms with Crippen molar-refractivity contribution in [3.8, 4) is 33.4 Å². The third kappa shape index (κ3) is 6.62. The van der Waals surface area contributed by atoms with E-state index >= 15 is 0 Å². The summed E-state index contributed by atoms with van der Waals surface area (Å²) >= 11 is 0. The number of rotatable bonds is 8. The highest BCUT2D eigenvalue weighted by atomic mass is 15.1. The summed E-state index contributed by atoms with van der Waals surface area (Å²) in [6.07, 6.45) is 8.13. The zero-order valence-corrected chi connectivity index (χ0v) is 29.5. The first-order chi connectivity index (χ1) is 26.3. The van der Waals surface area contributed by atoms with Gasteiger partial charge >= 0.3 is 0 Å². The van der Waals surface area contributed by atoms with Crippen LogP contribution in [-0.2, 0) is 0 Å². The second kappa shape index (κ2) is 14.5. The Bertz CT molecular complexity index is 2460. The van der Waals surface area contributed by atoms with Crippen molar-refractivity contribution in [1.29, 1.82) is 0 Å². The predicted molar refractivity (Wildman–Crippen MR) is 226 cm³/mol. The lowest BCUT2D eigenvalue weighted by molar-refractivity contribution is 0.865. The molecule has 0 fully saturated rings. The molecule has 8 aromatic rings. The molecule has 8 aromatic carbocycles. The Morgan fingerprint density at radius 3 is 1.49 bits per heavy atom. The quantitative estimate of drug-likeness (QED) is 0.155. The zero-order chi connectivity index (χ0) is 35.4. The largest absolute Gasteiger partial charge is 0.310 e. The molecule has 0 saturated heterocycles. The molecule has 0 spiro atoms. The molecule has 0 aliphatic heterocycles. The minimum absolute atomic E-state index is 0.330. The molecule has 53 heavy (non-hydrogen) atoms. The van der Waals surface area contributed by atoms with E-state index in [0.717, 1.165) is 23.5 Å². The van der Waals surface area contributed by atoms with Crippen LogP contribution >= 0.6 is 0 Å². The summed E-state index contributed by atoms with van der Waals surface area (Å²) in [4.78, 5) is 2.38. The summed E-state index contributed by atoms with van der Waals surface area (Å²) in [5.41, 5.74) is 14.5. The lowest BCUT2D eigenvalue weighted by Crippen LogP contribution is -2.10. The summed E-state index contributed by atoms with van der Waals surface area (Å²) in [5.74, 6) is 0.330. The van der Waals surface area contributed by atoms with Crippen molar-refractivity contribution in [2.24, 2.45) is 0 Å². The first-order valence-electron chi connectivity index (χ1n) is 18.5. The maximum absolute atomic E-state index is 2.44. The van der Waals surface area contributed by atoms with Crippen molar-refractivity contribution in [3.63, 3.8) is 0 Å². The summed E-state index contributed by atoms with van der Waals surface area (Å²) in [7, 11) is 0. The van der Waals surface area contributed by atoms with Crippen LogP contribution in [0.5, 0.6) is 0 Å². The number of hydrogen-bond acceptors (Lipinski definition) is 1. The Morgan fingerprint density at radius 2 is 0.906 bits per heavy atom. The van der Waals surface area contributed by atoms with Crippen molar-refractivity contribution in [2.75, 3.05) is 4.90 Å². The first-order valence-corrected chi connectivity index (χ1v) is 18.5.